The molecule has 3 saturated heterocycles. The van der Waals surface area contributed by atoms with Crippen LogP contribution in [0.15, 0.2) is 55.6 Å². The number of amides is 3. The number of likely N-dealkylation sites (tertiary alicyclic amines) is 1. The topological polar surface area (TPSA) is 135 Å². The number of allylic oxidation sites excluding steroid dienone is 1. The molecule has 0 aromatic heterocycles. The van der Waals surface area contributed by atoms with Crippen molar-refractivity contribution in [2.24, 2.45) is 11.8 Å². The van der Waals surface area contributed by atoms with Crippen molar-refractivity contribution >= 4 is 39.6 Å². The molecule has 3 aliphatic rings. The number of hydrogen-bond donors (Lipinski definition) is 2. The molecule has 3 heterocycles. The number of carbonyl (C=O) groups excluding carboxylic acids is 4. The smallest absolute Gasteiger partial charge is 0.313 e. The van der Waals surface area contributed by atoms with Crippen LogP contribution < -0.4 is 5.32 Å². The normalized spacial score (nSPS) is 27.6. The third kappa shape index (κ3) is 7.35. The SMILES string of the molecule is C=CCCC(=O)N[C@H](COC)[C@H](OC(=O)[C@@H]1[C@H]2O[C@@]3(CC2Br)[C@H](C(=O)N(CC=C)C(C)(C)C)N(CCCO)C(=O)[C@@H]13)c1ccccc1. The van der Waals surface area contributed by atoms with E-state index in [1.807, 2.05) is 39.0 Å². The highest BCUT2D eigenvalue weighted by Crippen LogP contribution is 2.60. The van der Waals surface area contributed by atoms with Gasteiger partial charge >= 0.3 is 5.97 Å². The van der Waals surface area contributed by atoms with E-state index in [-0.39, 0.29) is 61.7 Å². The largest absolute Gasteiger partial charge is 0.455 e. The first kappa shape index (κ1) is 36.8. The molecular formula is C35H48BrN3O8. The van der Waals surface area contributed by atoms with Crippen molar-refractivity contribution in [3.05, 3.63) is 61.2 Å². The molecule has 4 rings (SSSR count). The highest BCUT2D eigenvalue weighted by atomic mass is 79.9. The van der Waals surface area contributed by atoms with Crippen LogP contribution in [0.25, 0.3) is 0 Å². The summed E-state index contributed by atoms with van der Waals surface area (Å²) in [5.74, 6) is -3.60. The number of aliphatic hydroxyl groups excluding tert-OH is 1. The number of esters is 1. The fraction of sp³-hybridized carbons (Fsp3) is 0.600. The summed E-state index contributed by atoms with van der Waals surface area (Å²) in [6.45, 7) is 13.5. The Kier molecular flexibility index (Phi) is 12.1. The molecule has 3 aliphatic heterocycles. The van der Waals surface area contributed by atoms with E-state index in [1.165, 1.54) is 12.0 Å². The fourth-order valence-electron chi connectivity index (χ4n) is 7.26. The molecule has 1 aromatic rings. The monoisotopic (exact) mass is 717 g/mol. The lowest BCUT2D eigenvalue weighted by Crippen LogP contribution is -2.60. The number of nitrogens with zero attached hydrogens (tertiary/aromatic N) is 2. The van der Waals surface area contributed by atoms with E-state index in [9.17, 15) is 24.3 Å². The summed E-state index contributed by atoms with van der Waals surface area (Å²) in [5, 5.41) is 12.6. The minimum Gasteiger partial charge on any atom is -0.455 e. The van der Waals surface area contributed by atoms with E-state index < -0.39 is 53.2 Å². The van der Waals surface area contributed by atoms with Gasteiger partial charge in [0.05, 0.1) is 30.6 Å². The first-order valence-electron chi connectivity index (χ1n) is 16.2. The molecule has 2 bridgehead atoms. The summed E-state index contributed by atoms with van der Waals surface area (Å²) >= 11 is 3.70. The molecule has 2 N–H and O–H groups in total. The van der Waals surface area contributed by atoms with Crippen LogP contribution in [0.1, 0.15) is 58.1 Å². The molecule has 0 radical (unpaired) electrons. The molecule has 12 heteroatoms. The van der Waals surface area contributed by atoms with Gasteiger partial charge < -0.3 is 34.4 Å². The Morgan fingerprint density at radius 3 is 2.53 bits per heavy atom. The second-order valence-electron chi connectivity index (χ2n) is 13.4. The van der Waals surface area contributed by atoms with Crippen LogP contribution in [0.5, 0.6) is 0 Å². The first-order chi connectivity index (χ1) is 22.4. The Hall–Kier alpha value is -3.06. The Morgan fingerprint density at radius 1 is 1.23 bits per heavy atom. The van der Waals surface area contributed by atoms with Crippen molar-refractivity contribution in [1.82, 2.24) is 15.1 Å². The van der Waals surface area contributed by atoms with Gasteiger partial charge in [0.1, 0.15) is 17.7 Å². The zero-order valence-electron chi connectivity index (χ0n) is 27.7. The van der Waals surface area contributed by atoms with Crippen LogP contribution in [-0.2, 0) is 33.4 Å². The number of methoxy groups -OCH3 is 1. The molecule has 11 nitrogen and oxygen atoms in total. The van der Waals surface area contributed by atoms with Gasteiger partial charge in [-0.25, -0.2) is 0 Å². The van der Waals surface area contributed by atoms with E-state index in [2.05, 4.69) is 34.4 Å². The molecule has 3 fully saturated rings. The summed E-state index contributed by atoms with van der Waals surface area (Å²) < 4.78 is 18.4. The molecule has 8 atom stereocenters. The number of ether oxygens (including phenoxy) is 3. The van der Waals surface area contributed by atoms with Crippen molar-refractivity contribution in [3.8, 4) is 0 Å². The molecule has 258 valence electrons. The van der Waals surface area contributed by atoms with Crippen LogP contribution in [0.2, 0.25) is 0 Å². The Bertz CT molecular complexity index is 1320. The number of aliphatic hydroxyl groups is 1. The van der Waals surface area contributed by atoms with E-state index in [0.29, 0.717) is 18.4 Å². The lowest BCUT2D eigenvalue weighted by Gasteiger charge is -2.42. The van der Waals surface area contributed by atoms with Crippen molar-refractivity contribution in [1.29, 1.82) is 0 Å². The highest BCUT2D eigenvalue weighted by molar-refractivity contribution is 9.09. The van der Waals surface area contributed by atoms with Crippen molar-refractivity contribution < 1.29 is 38.5 Å². The standard InChI is InChI=1S/C35H48BrN3O8/c1-7-9-16-25(41)37-24(21-45-6)28(22-14-11-10-12-15-22)46-33(44)26-27-31(42)38(18-13-19-40)30(35(27)20-23(36)29(26)47-35)32(43)39(17-8-2)34(3,4)5/h7-8,10-12,14-15,23-24,26-30,40H,1-2,9,13,16-21H2,3-6H3,(H,37,41)/t23?,24-,26+,27-,28-,29+,30+,35-/m1/s1. The summed E-state index contributed by atoms with van der Waals surface area (Å²) in [5.41, 5.74) is -1.24. The number of alkyl halides is 1. The maximum Gasteiger partial charge on any atom is 0.313 e. The predicted octanol–water partition coefficient (Wildman–Crippen LogP) is 3.31. The van der Waals surface area contributed by atoms with Gasteiger partial charge in [-0.3, -0.25) is 19.2 Å². The zero-order chi connectivity index (χ0) is 34.5. The summed E-state index contributed by atoms with van der Waals surface area (Å²) in [4.78, 5) is 58.8. The van der Waals surface area contributed by atoms with Crippen LogP contribution in [0.3, 0.4) is 0 Å². The van der Waals surface area contributed by atoms with Crippen molar-refractivity contribution in [2.45, 2.75) is 86.7 Å². The molecule has 0 aliphatic carbocycles. The summed E-state index contributed by atoms with van der Waals surface area (Å²) in [6.07, 6.45) is 2.91. The predicted molar refractivity (Wildman–Crippen MR) is 179 cm³/mol. The molecule has 3 amide bonds. The van der Waals surface area contributed by atoms with E-state index >= 15 is 0 Å². The van der Waals surface area contributed by atoms with Crippen LogP contribution in [-0.4, -0.2) is 106 Å². The van der Waals surface area contributed by atoms with E-state index in [1.54, 1.807) is 29.2 Å². The molecule has 1 unspecified atom stereocenters. The maximum atomic E-state index is 14.5. The third-order valence-corrected chi connectivity index (χ3v) is 10.1. The number of nitrogens with one attached hydrogen (secondary N) is 1. The van der Waals surface area contributed by atoms with Gasteiger partial charge in [0, 0.05) is 43.6 Å². The molecular weight excluding hydrogens is 670 g/mol. The highest BCUT2D eigenvalue weighted by Gasteiger charge is 2.77. The minimum absolute atomic E-state index is 0.0576. The Balaban J connectivity index is 1.73. The maximum absolute atomic E-state index is 14.5. The van der Waals surface area contributed by atoms with Gasteiger partial charge in [0.25, 0.3) is 0 Å². The zero-order valence-corrected chi connectivity index (χ0v) is 29.3. The number of hydrogen-bond acceptors (Lipinski definition) is 8. The molecule has 0 saturated carbocycles. The quantitative estimate of drug-likeness (QED) is 0.151. The van der Waals surface area contributed by atoms with Gasteiger partial charge in [-0.1, -0.05) is 58.4 Å². The lowest BCUT2D eigenvalue weighted by molar-refractivity contribution is -0.163. The van der Waals surface area contributed by atoms with E-state index in [0.717, 1.165) is 0 Å². The third-order valence-electron chi connectivity index (χ3n) is 9.24. The lowest BCUT2D eigenvalue weighted by atomic mass is 9.70. The summed E-state index contributed by atoms with van der Waals surface area (Å²) in [7, 11) is 1.50. The number of rotatable bonds is 16. The van der Waals surface area contributed by atoms with Gasteiger partial charge in [0.15, 0.2) is 0 Å². The van der Waals surface area contributed by atoms with Crippen LogP contribution >= 0.6 is 15.9 Å². The average molecular weight is 719 g/mol. The van der Waals surface area contributed by atoms with Gasteiger partial charge in [-0.2, -0.15) is 0 Å². The molecule has 47 heavy (non-hydrogen) atoms. The second-order valence-corrected chi connectivity index (χ2v) is 14.6. The fourth-order valence-corrected chi connectivity index (χ4v) is 8.20. The van der Waals surface area contributed by atoms with Crippen LogP contribution in [0, 0.1) is 11.8 Å². The minimum atomic E-state index is -1.29. The Morgan fingerprint density at radius 2 is 1.94 bits per heavy atom. The average Bonchev–Trinajstić information content (AvgIpc) is 3.62. The van der Waals surface area contributed by atoms with Gasteiger partial charge in [-0.05, 0) is 45.6 Å². The second kappa shape index (κ2) is 15.4. The van der Waals surface area contributed by atoms with Crippen molar-refractivity contribution in [2.75, 3.05) is 33.4 Å². The first-order valence-corrected chi connectivity index (χ1v) is 17.1. The Labute approximate surface area is 285 Å². The number of benzene rings is 1. The van der Waals surface area contributed by atoms with Crippen LogP contribution in [0.4, 0.5) is 0 Å². The molecule has 1 spiro atoms. The van der Waals surface area contributed by atoms with E-state index in [4.69, 9.17) is 14.2 Å². The van der Waals surface area contributed by atoms with Gasteiger partial charge in [-0.15, -0.1) is 13.2 Å². The number of halogens is 1. The van der Waals surface area contributed by atoms with Crippen molar-refractivity contribution in [3.63, 3.8) is 0 Å². The van der Waals surface area contributed by atoms with Gasteiger partial charge in [0.2, 0.25) is 17.7 Å². The number of fused-ring (bicyclic) bond motifs is 1. The summed E-state index contributed by atoms with van der Waals surface area (Å²) in [6, 6.07) is 7.31. The number of carbonyl (C=O) groups is 4. The molecule has 1 aromatic carbocycles.